The van der Waals surface area contributed by atoms with Gasteiger partial charge in [0.05, 0.1) is 14.2 Å². The van der Waals surface area contributed by atoms with Crippen LogP contribution in [0.3, 0.4) is 0 Å². The van der Waals surface area contributed by atoms with Crippen molar-refractivity contribution in [2.75, 3.05) is 14.2 Å². The fourth-order valence-corrected chi connectivity index (χ4v) is 2.98. The van der Waals surface area contributed by atoms with Crippen LogP contribution in [-0.2, 0) is 19.1 Å². The number of rotatable bonds is 4. The van der Waals surface area contributed by atoms with E-state index in [1.54, 1.807) is 6.08 Å². The summed E-state index contributed by atoms with van der Waals surface area (Å²) in [5, 5.41) is 0. The second-order valence-electron chi connectivity index (χ2n) is 6.05. The molecule has 0 saturated carbocycles. The molecule has 0 unspecified atom stereocenters. The maximum atomic E-state index is 12.3. The predicted molar refractivity (Wildman–Crippen MR) is 93.1 cm³/mol. The van der Waals surface area contributed by atoms with Gasteiger partial charge in [0.15, 0.2) is 5.41 Å². The van der Waals surface area contributed by atoms with Gasteiger partial charge in [-0.25, -0.2) is 0 Å². The summed E-state index contributed by atoms with van der Waals surface area (Å²) in [6.45, 7) is 7.83. The number of allylic oxidation sites excluding steroid dienone is 3. The molecule has 0 radical (unpaired) electrons. The highest BCUT2D eigenvalue weighted by Crippen LogP contribution is 2.44. The van der Waals surface area contributed by atoms with Crippen LogP contribution in [0.15, 0.2) is 53.6 Å². The molecule has 2 rings (SSSR count). The molecule has 0 bridgehead atoms. The highest BCUT2D eigenvalue weighted by Gasteiger charge is 2.51. The van der Waals surface area contributed by atoms with Crippen molar-refractivity contribution >= 4 is 18.0 Å². The van der Waals surface area contributed by atoms with E-state index >= 15 is 0 Å². The van der Waals surface area contributed by atoms with Crippen molar-refractivity contribution in [2.24, 2.45) is 5.41 Å². The molecule has 0 amide bonds. The van der Waals surface area contributed by atoms with E-state index in [1.165, 1.54) is 14.2 Å². The normalized spacial score (nSPS) is 17.3. The van der Waals surface area contributed by atoms with E-state index in [0.717, 1.165) is 27.8 Å². The van der Waals surface area contributed by atoms with E-state index in [1.807, 2.05) is 44.2 Å². The lowest BCUT2D eigenvalue weighted by Crippen LogP contribution is -2.38. The highest BCUT2D eigenvalue weighted by atomic mass is 16.5. The lowest BCUT2D eigenvalue weighted by atomic mass is 9.86. The van der Waals surface area contributed by atoms with Gasteiger partial charge < -0.3 is 9.47 Å². The van der Waals surface area contributed by atoms with Gasteiger partial charge in [-0.3, -0.25) is 9.59 Å². The number of methoxy groups -OCH3 is 2. The van der Waals surface area contributed by atoms with Gasteiger partial charge in [0.2, 0.25) is 0 Å². The van der Waals surface area contributed by atoms with Gasteiger partial charge in [-0.1, -0.05) is 48.1 Å². The molecule has 4 heteroatoms. The summed E-state index contributed by atoms with van der Waals surface area (Å²) in [4.78, 5) is 24.7. The first-order valence-corrected chi connectivity index (χ1v) is 7.67. The molecule has 1 aliphatic rings. The van der Waals surface area contributed by atoms with E-state index in [4.69, 9.17) is 9.47 Å². The summed E-state index contributed by atoms with van der Waals surface area (Å²) in [5.74, 6) is -1.25. The van der Waals surface area contributed by atoms with Crippen molar-refractivity contribution in [2.45, 2.75) is 20.3 Å². The number of ether oxygens (including phenoxy) is 2. The predicted octanol–water partition coefficient (Wildman–Crippen LogP) is 3.62. The standard InChI is InChI=1S/C20H22O4/c1-13(2)17-12-20(18(21)23-4,19(22)24-5)11-16(17)10-15-8-6-7-14(3)9-15/h6-10,12H,1,11H2,2-5H3/b16-10-. The molecule has 1 aromatic rings. The summed E-state index contributed by atoms with van der Waals surface area (Å²) in [7, 11) is 2.53. The third-order valence-corrected chi connectivity index (χ3v) is 4.15. The average molecular weight is 326 g/mol. The van der Waals surface area contributed by atoms with E-state index in [0.29, 0.717) is 0 Å². The zero-order valence-corrected chi connectivity index (χ0v) is 14.5. The molecule has 0 fully saturated rings. The van der Waals surface area contributed by atoms with Gasteiger partial charge in [-0.2, -0.15) is 0 Å². The molecule has 0 saturated heterocycles. The number of hydrogen-bond donors (Lipinski definition) is 0. The van der Waals surface area contributed by atoms with Crippen LogP contribution >= 0.6 is 0 Å². The first kappa shape index (κ1) is 17.7. The zero-order valence-electron chi connectivity index (χ0n) is 14.5. The maximum Gasteiger partial charge on any atom is 0.327 e. The van der Waals surface area contributed by atoms with Crippen LogP contribution in [0.5, 0.6) is 0 Å². The van der Waals surface area contributed by atoms with Crippen LogP contribution < -0.4 is 0 Å². The number of carbonyl (C=O) groups is 2. The van der Waals surface area contributed by atoms with Crippen molar-refractivity contribution in [3.8, 4) is 0 Å². The van der Waals surface area contributed by atoms with Crippen molar-refractivity contribution < 1.29 is 19.1 Å². The molecule has 0 atom stereocenters. The Morgan fingerprint density at radius 2 is 1.83 bits per heavy atom. The van der Waals surface area contributed by atoms with E-state index in [9.17, 15) is 9.59 Å². The molecule has 126 valence electrons. The van der Waals surface area contributed by atoms with Crippen molar-refractivity contribution in [1.29, 1.82) is 0 Å². The van der Waals surface area contributed by atoms with Crippen molar-refractivity contribution in [1.82, 2.24) is 0 Å². The molecule has 1 aliphatic carbocycles. The van der Waals surface area contributed by atoms with Gasteiger partial charge in [-0.15, -0.1) is 0 Å². The molecule has 0 N–H and O–H groups in total. The Morgan fingerprint density at radius 3 is 2.33 bits per heavy atom. The van der Waals surface area contributed by atoms with Gasteiger partial charge in [-0.05, 0) is 36.6 Å². The molecule has 0 spiro atoms. The summed E-state index contributed by atoms with van der Waals surface area (Å²) >= 11 is 0. The molecule has 1 aromatic carbocycles. The highest BCUT2D eigenvalue weighted by molar-refractivity contribution is 6.04. The number of aryl methyl sites for hydroxylation is 1. The minimum atomic E-state index is -1.45. The molecule has 0 aliphatic heterocycles. The Bertz CT molecular complexity index is 737. The monoisotopic (exact) mass is 326 g/mol. The van der Waals surface area contributed by atoms with Crippen LogP contribution in [0.25, 0.3) is 6.08 Å². The molecular formula is C20H22O4. The van der Waals surface area contributed by atoms with Gasteiger partial charge in [0, 0.05) is 6.42 Å². The fourth-order valence-electron chi connectivity index (χ4n) is 2.98. The van der Waals surface area contributed by atoms with Crippen molar-refractivity contribution in [3.63, 3.8) is 0 Å². The minimum Gasteiger partial charge on any atom is -0.468 e. The van der Waals surface area contributed by atoms with Gasteiger partial charge >= 0.3 is 11.9 Å². The summed E-state index contributed by atoms with van der Waals surface area (Å²) < 4.78 is 9.73. The second-order valence-corrected chi connectivity index (χ2v) is 6.05. The van der Waals surface area contributed by atoms with Crippen LogP contribution in [0.2, 0.25) is 0 Å². The van der Waals surface area contributed by atoms with Crippen LogP contribution in [-0.4, -0.2) is 26.2 Å². The smallest absolute Gasteiger partial charge is 0.327 e. The van der Waals surface area contributed by atoms with E-state index in [-0.39, 0.29) is 6.42 Å². The number of esters is 2. The Morgan fingerprint density at radius 1 is 1.21 bits per heavy atom. The lowest BCUT2D eigenvalue weighted by Gasteiger charge is -2.20. The Labute approximate surface area is 142 Å². The Kier molecular flexibility index (Phi) is 5.07. The molecule has 24 heavy (non-hydrogen) atoms. The first-order valence-electron chi connectivity index (χ1n) is 7.67. The second kappa shape index (κ2) is 6.87. The summed E-state index contributed by atoms with van der Waals surface area (Å²) in [6.07, 6.45) is 3.79. The van der Waals surface area contributed by atoms with Gasteiger partial charge in [0.25, 0.3) is 0 Å². The fraction of sp³-hybridized carbons (Fsp3) is 0.300. The lowest BCUT2D eigenvalue weighted by molar-refractivity contribution is -0.164. The third kappa shape index (κ3) is 3.18. The third-order valence-electron chi connectivity index (χ3n) is 4.15. The minimum absolute atomic E-state index is 0.197. The SMILES string of the molecule is C=C(C)C1=CC(C(=O)OC)(C(=O)OC)C/C1=C/c1cccc(C)c1. The van der Waals surface area contributed by atoms with Crippen LogP contribution in [0.4, 0.5) is 0 Å². The number of hydrogen-bond acceptors (Lipinski definition) is 4. The van der Waals surface area contributed by atoms with Crippen LogP contribution in [0.1, 0.15) is 24.5 Å². The summed E-state index contributed by atoms with van der Waals surface area (Å²) in [6, 6.07) is 8.00. The van der Waals surface area contributed by atoms with Gasteiger partial charge in [0.1, 0.15) is 0 Å². The molecule has 0 heterocycles. The van der Waals surface area contributed by atoms with E-state index < -0.39 is 17.4 Å². The quantitative estimate of drug-likeness (QED) is 0.626. The molecule has 0 aromatic heterocycles. The Balaban J connectivity index is 2.56. The average Bonchev–Trinajstić information content (AvgIpc) is 2.94. The first-order chi connectivity index (χ1) is 11.3. The molecule has 4 nitrogen and oxygen atoms in total. The zero-order chi connectivity index (χ0) is 17.9. The number of carbonyl (C=O) groups excluding carboxylic acids is 2. The Hall–Kier alpha value is -2.62. The largest absolute Gasteiger partial charge is 0.468 e. The summed E-state index contributed by atoms with van der Waals surface area (Å²) in [5.41, 5.74) is 3.12. The topological polar surface area (TPSA) is 52.6 Å². The van der Waals surface area contributed by atoms with Crippen LogP contribution in [0, 0.1) is 12.3 Å². The molecular weight excluding hydrogens is 304 g/mol. The number of benzene rings is 1. The van der Waals surface area contributed by atoms with Crippen molar-refractivity contribution in [3.05, 3.63) is 64.8 Å². The maximum absolute atomic E-state index is 12.3. The van der Waals surface area contributed by atoms with E-state index in [2.05, 4.69) is 6.58 Å².